The van der Waals surface area contributed by atoms with E-state index in [4.69, 9.17) is 0 Å². The van der Waals surface area contributed by atoms with E-state index in [9.17, 15) is 8.78 Å². The van der Waals surface area contributed by atoms with Crippen molar-refractivity contribution in [3.05, 3.63) is 65.7 Å². The van der Waals surface area contributed by atoms with E-state index < -0.39 is 17.3 Å². The van der Waals surface area contributed by atoms with Gasteiger partial charge in [0.15, 0.2) is 0 Å². The van der Waals surface area contributed by atoms with Crippen molar-refractivity contribution >= 4 is 0 Å². The molecule has 4 rings (SSSR count). The summed E-state index contributed by atoms with van der Waals surface area (Å²) in [6, 6.07) is 15.8. The summed E-state index contributed by atoms with van der Waals surface area (Å²) in [7, 11) is 0. The number of tetrazole rings is 1. The SMILES string of the molecule is CCCC(F)(F)c1nc(Cc2ccc(-c3ccccc3-c3nn[nH]n3)cc2)n(C(C)(C)C)n1. The van der Waals surface area contributed by atoms with Crippen molar-refractivity contribution in [2.45, 2.75) is 58.4 Å². The molecule has 2 heterocycles. The highest BCUT2D eigenvalue weighted by Crippen LogP contribution is 2.33. The molecule has 0 saturated heterocycles. The van der Waals surface area contributed by atoms with Crippen LogP contribution in [0.5, 0.6) is 0 Å². The zero-order valence-electron chi connectivity index (χ0n) is 19.2. The molecule has 7 nitrogen and oxygen atoms in total. The second-order valence-corrected chi connectivity index (χ2v) is 9.04. The van der Waals surface area contributed by atoms with Crippen LogP contribution < -0.4 is 0 Å². The molecule has 0 atom stereocenters. The molecule has 172 valence electrons. The van der Waals surface area contributed by atoms with Gasteiger partial charge in [0.25, 0.3) is 0 Å². The molecule has 0 bridgehead atoms. The van der Waals surface area contributed by atoms with Gasteiger partial charge in [-0.05, 0) is 49.1 Å². The summed E-state index contributed by atoms with van der Waals surface area (Å²) in [5, 5.41) is 18.5. The minimum Gasteiger partial charge on any atom is -0.244 e. The lowest BCUT2D eigenvalue weighted by Gasteiger charge is -2.21. The highest BCUT2D eigenvalue weighted by molar-refractivity contribution is 5.80. The molecule has 0 aliphatic heterocycles. The number of alkyl halides is 2. The monoisotopic (exact) mass is 451 g/mol. The molecule has 0 radical (unpaired) electrons. The third-order valence-electron chi connectivity index (χ3n) is 5.34. The largest absolute Gasteiger partial charge is 0.308 e. The normalized spacial score (nSPS) is 12.3. The number of aromatic amines is 1. The van der Waals surface area contributed by atoms with E-state index in [1.807, 2.05) is 69.3 Å². The molecule has 1 N–H and O–H groups in total. The Morgan fingerprint density at radius 2 is 1.67 bits per heavy atom. The van der Waals surface area contributed by atoms with Crippen LogP contribution in [0.1, 0.15) is 57.7 Å². The summed E-state index contributed by atoms with van der Waals surface area (Å²) in [5.74, 6) is -2.40. The van der Waals surface area contributed by atoms with Crippen molar-refractivity contribution in [3.8, 4) is 22.5 Å². The molecule has 0 unspecified atom stereocenters. The molecule has 0 saturated carbocycles. The second kappa shape index (κ2) is 8.80. The van der Waals surface area contributed by atoms with E-state index in [0.717, 1.165) is 22.3 Å². The maximum Gasteiger partial charge on any atom is 0.308 e. The molecular formula is C24H27F2N7. The number of hydrogen-bond acceptors (Lipinski definition) is 5. The second-order valence-electron chi connectivity index (χ2n) is 9.04. The molecule has 0 amide bonds. The predicted octanol–water partition coefficient (Wildman–Crippen LogP) is 5.36. The molecule has 2 aromatic heterocycles. The van der Waals surface area contributed by atoms with E-state index >= 15 is 0 Å². The topological polar surface area (TPSA) is 85.2 Å². The van der Waals surface area contributed by atoms with Crippen LogP contribution in [-0.4, -0.2) is 35.4 Å². The van der Waals surface area contributed by atoms with Gasteiger partial charge in [-0.3, -0.25) is 0 Å². The Balaban J connectivity index is 1.64. The highest BCUT2D eigenvalue weighted by atomic mass is 19.3. The lowest BCUT2D eigenvalue weighted by molar-refractivity contribution is -0.0235. The van der Waals surface area contributed by atoms with Crippen molar-refractivity contribution in [2.24, 2.45) is 0 Å². The van der Waals surface area contributed by atoms with Gasteiger partial charge in [-0.25, -0.2) is 9.67 Å². The molecule has 0 aliphatic carbocycles. The van der Waals surface area contributed by atoms with E-state index in [1.54, 1.807) is 11.6 Å². The minimum atomic E-state index is -3.04. The first-order valence-corrected chi connectivity index (χ1v) is 11.0. The Kier molecular flexibility index (Phi) is 6.05. The zero-order valence-corrected chi connectivity index (χ0v) is 19.2. The van der Waals surface area contributed by atoms with Crippen molar-refractivity contribution < 1.29 is 8.78 Å². The first-order chi connectivity index (χ1) is 15.7. The average molecular weight is 452 g/mol. The average Bonchev–Trinajstić information content (AvgIpc) is 3.45. The highest BCUT2D eigenvalue weighted by Gasteiger charge is 2.37. The standard InChI is InChI=1S/C24H27F2N7/c1-5-14-24(25,26)22-27-20(33(30-22)23(2,3)4)15-16-10-12-17(13-11-16)18-8-6-7-9-19(18)21-28-31-32-29-21/h6-13H,5,14-15H2,1-4H3,(H,28,29,31,32). The number of rotatable bonds is 7. The minimum absolute atomic E-state index is 0.269. The Morgan fingerprint density at radius 3 is 2.27 bits per heavy atom. The van der Waals surface area contributed by atoms with Crippen LogP contribution in [0, 0.1) is 0 Å². The Bertz CT molecular complexity index is 1210. The van der Waals surface area contributed by atoms with Crippen LogP contribution >= 0.6 is 0 Å². The number of aromatic nitrogens is 7. The van der Waals surface area contributed by atoms with Crippen LogP contribution in [0.3, 0.4) is 0 Å². The molecule has 0 aliphatic rings. The smallest absolute Gasteiger partial charge is 0.244 e. The summed E-state index contributed by atoms with van der Waals surface area (Å²) in [5.41, 5.74) is 3.33. The number of hydrogen-bond donors (Lipinski definition) is 1. The van der Waals surface area contributed by atoms with Gasteiger partial charge in [0, 0.05) is 18.4 Å². The summed E-state index contributed by atoms with van der Waals surface area (Å²) in [6.07, 6.45) is 0.494. The predicted molar refractivity (Wildman–Crippen MR) is 122 cm³/mol. The third kappa shape index (κ3) is 4.81. The fourth-order valence-corrected chi connectivity index (χ4v) is 3.77. The summed E-state index contributed by atoms with van der Waals surface area (Å²) in [4.78, 5) is 4.27. The lowest BCUT2D eigenvalue weighted by atomic mass is 9.97. The van der Waals surface area contributed by atoms with Gasteiger partial charge in [0.2, 0.25) is 11.6 Å². The zero-order chi connectivity index (χ0) is 23.6. The van der Waals surface area contributed by atoms with Crippen molar-refractivity contribution in [1.29, 1.82) is 0 Å². The summed E-state index contributed by atoms with van der Waals surface area (Å²) >= 11 is 0. The van der Waals surface area contributed by atoms with Gasteiger partial charge >= 0.3 is 5.92 Å². The molecule has 33 heavy (non-hydrogen) atoms. The van der Waals surface area contributed by atoms with E-state index in [-0.39, 0.29) is 6.42 Å². The van der Waals surface area contributed by atoms with E-state index in [1.165, 1.54) is 0 Å². The number of halogens is 2. The summed E-state index contributed by atoms with van der Waals surface area (Å²) < 4.78 is 30.6. The van der Waals surface area contributed by atoms with Gasteiger partial charge in [0.05, 0.1) is 5.54 Å². The fourth-order valence-electron chi connectivity index (χ4n) is 3.77. The first kappa shape index (κ1) is 22.7. The number of H-pyrrole nitrogens is 1. The van der Waals surface area contributed by atoms with Crippen molar-refractivity contribution in [2.75, 3.05) is 0 Å². The fraction of sp³-hybridized carbons (Fsp3) is 0.375. The first-order valence-electron chi connectivity index (χ1n) is 11.0. The Hall–Kier alpha value is -3.49. The number of nitrogens with one attached hydrogen (secondary N) is 1. The molecule has 0 spiro atoms. The van der Waals surface area contributed by atoms with Gasteiger partial charge in [-0.15, -0.1) is 15.3 Å². The maximum absolute atomic E-state index is 14.5. The molecule has 2 aromatic carbocycles. The Labute approximate surface area is 191 Å². The number of nitrogens with zero attached hydrogens (tertiary/aromatic N) is 6. The van der Waals surface area contributed by atoms with Gasteiger partial charge in [-0.1, -0.05) is 55.5 Å². The lowest BCUT2D eigenvalue weighted by Crippen LogP contribution is -2.26. The van der Waals surface area contributed by atoms with Gasteiger partial charge < -0.3 is 0 Å². The third-order valence-corrected chi connectivity index (χ3v) is 5.34. The van der Waals surface area contributed by atoms with Crippen LogP contribution in [0.25, 0.3) is 22.5 Å². The Morgan fingerprint density at radius 1 is 0.970 bits per heavy atom. The van der Waals surface area contributed by atoms with Crippen molar-refractivity contribution in [1.82, 2.24) is 35.4 Å². The summed E-state index contributed by atoms with van der Waals surface area (Å²) in [6.45, 7) is 7.54. The quantitative estimate of drug-likeness (QED) is 0.409. The molecule has 4 aromatic rings. The van der Waals surface area contributed by atoms with Crippen LogP contribution in [0.2, 0.25) is 0 Å². The van der Waals surface area contributed by atoms with Crippen LogP contribution in [0.15, 0.2) is 48.5 Å². The molecule has 9 heteroatoms. The molecule has 0 fully saturated rings. The number of benzene rings is 2. The van der Waals surface area contributed by atoms with Crippen LogP contribution in [0.4, 0.5) is 8.78 Å². The maximum atomic E-state index is 14.5. The molecular weight excluding hydrogens is 424 g/mol. The van der Waals surface area contributed by atoms with Crippen molar-refractivity contribution in [3.63, 3.8) is 0 Å². The van der Waals surface area contributed by atoms with E-state index in [0.29, 0.717) is 24.5 Å². The van der Waals surface area contributed by atoms with Gasteiger partial charge in [0.1, 0.15) is 5.82 Å². The van der Waals surface area contributed by atoms with E-state index in [2.05, 4.69) is 30.7 Å². The van der Waals surface area contributed by atoms with Gasteiger partial charge in [-0.2, -0.15) is 14.0 Å². The van der Waals surface area contributed by atoms with Crippen LogP contribution in [-0.2, 0) is 17.9 Å².